The number of nitrogens with one attached hydrogen (secondary N) is 1. The van der Waals surface area contributed by atoms with Gasteiger partial charge < -0.3 is 5.73 Å². The van der Waals surface area contributed by atoms with Gasteiger partial charge in [-0.05, 0) is 35.6 Å². The molecular formula is C17H20N4. The van der Waals surface area contributed by atoms with Crippen LogP contribution in [0.5, 0.6) is 0 Å². The molecular weight excluding hydrogens is 260 g/mol. The highest BCUT2D eigenvalue weighted by atomic mass is 15.1. The van der Waals surface area contributed by atoms with Gasteiger partial charge in [-0.3, -0.25) is 15.3 Å². The molecule has 2 heterocycles. The highest BCUT2D eigenvalue weighted by Crippen LogP contribution is 2.17. The fourth-order valence-corrected chi connectivity index (χ4v) is 2.92. The summed E-state index contributed by atoms with van der Waals surface area (Å²) in [6, 6.07) is 12.6. The number of rotatable bonds is 3. The number of fused-ring (bicyclic) bond motifs is 1. The lowest BCUT2D eigenvalue weighted by Gasteiger charge is -2.20. The molecule has 0 saturated heterocycles. The van der Waals surface area contributed by atoms with Crippen LogP contribution in [0.15, 0.2) is 42.6 Å². The molecule has 3 N–H and O–H groups in total. The second-order valence-electron chi connectivity index (χ2n) is 5.47. The molecule has 4 heteroatoms. The second kappa shape index (κ2) is 6.06. The Morgan fingerprint density at radius 1 is 1.10 bits per heavy atom. The van der Waals surface area contributed by atoms with E-state index in [2.05, 4.69) is 34.1 Å². The Hall–Kier alpha value is -2.20. The average molecular weight is 280 g/mol. The molecule has 0 atom stereocenters. The fraction of sp³-hybridized carbons (Fsp3) is 0.294. The van der Waals surface area contributed by atoms with E-state index in [-0.39, 0.29) is 5.84 Å². The van der Waals surface area contributed by atoms with Crippen LogP contribution in [-0.4, -0.2) is 28.8 Å². The van der Waals surface area contributed by atoms with Gasteiger partial charge in [-0.25, -0.2) is 0 Å². The zero-order valence-corrected chi connectivity index (χ0v) is 12.0. The van der Waals surface area contributed by atoms with Crippen LogP contribution in [0.1, 0.15) is 22.4 Å². The summed E-state index contributed by atoms with van der Waals surface area (Å²) in [6.45, 7) is 2.86. The molecule has 1 aliphatic heterocycles. The average Bonchev–Trinajstić information content (AvgIpc) is 2.71. The smallest absolute Gasteiger partial charge is 0.142 e. The number of benzene rings is 1. The fourth-order valence-electron chi connectivity index (χ4n) is 2.92. The standard InChI is InChI=1S/C17H20N4/c18-17(19)16-15(6-3-9-20-16)12-21-10-7-13-4-1-2-5-14(13)8-11-21/h1-6,9H,7-8,10-12H2,(H3,18,19). The van der Waals surface area contributed by atoms with E-state index < -0.39 is 0 Å². The quantitative estimate of drug-likeness (QED) is 0.667. The van der Waals surface area contributed by atoms with Crippen LogP contribution in [-0.2, 0) is 19.4 Å². The Morgan fingerprint density at radius 3 is 2.38 bits per heavy atom. The highest BCUT2D eigenvalue weighted by molar-refractivity contribution is 5.94. The molecule has 0 fully saturated rings. The summed E-state index contributed by atoms with van der Waals surface area (Å²) in [6.07, 6.45) is 3.84. The van der Waals surface area contributed by atoms with Crippen LogP contribution < -0.4 is 5.73 Å². The minimum absolute atomic E-state index is 0.0451. The Bertz CT molecular complexity index is 624. The van der Waals surface area contributed by atoms with Gasteiger partial charge in [-0.15, -0.1) is 0 Å². The lowest BCUT2D eigenvalue weighted by atomic mass is 10.0. The van der Waals surface area contributed by atoms with Gasteiger partial charge in [0.1, 0.15) is 11.5 Å². The lowest BCUT2D eigenvalue weighted by Crippen LogP contribution is -2.28. The number of amidine groups is 1. The maximum absolute atomic E-state index is 7.64. The Labute approximate surface area is 125 Å². The first-order valence-electron chi connectivity index (χ1n) is 7.31. The molecule has 0 spiro atoms. The van der Waals surface area contributed by atoms with E-state index in [4.69, 9.17) is 11.1 Å². The van der Waals surface area contributed by atoms with E-state index in [0.29, 0.717) is 5.69 Å². The highest BCUT2D eigenvalue weighted by Gasteiger charge is 2.15. The van der Waals surface area contributed by atoms with E-state index >= 15 is 0 Å². The molecule has 0 unspecified atom stereocenters. The zero-order valence-electron chi connectivity index (χ0n) is 12.0. The first kappa shape index (κ1) is 13.8. The minimum atomic E-state index is 0.0451. The molecule has 1 aliphatic rings. The van der Waals surface area contributed by atoms with E-state index in [1.807, 2.05) is 12.1 Å². The monoisotopic (exact) mass is 280 g/mol. The van der Waals surface area contributed by atoms with Crippen molar-refractivity contribution in [2.75, 3.05) is 13.1 Å². The van der Waals surface area contributed by atoms with Crippen molar-refractivity contribution in [3.63, 3.8) is 0 Å². The maximum Gasteiger partial charge on any atom is 0.142 e. The predicted octanol–water partition coefficient (Wildman–Crippen LogP) is 1.97. The van der Waals surface area contributed by atoms with Gasteiger partial charge in [-0.2, -0.15) is 0 Å². The SMILES string of the molecule is N=C(N)c1ncccc1CN1CCc2ccccc2CC1. The van der Waals surface area contributed by atoms with Crippen molar-refractivity contribution in [2.45, 2.75) is 19.4 Å². The normalized spacial score (nSPS) is 15.2. The number of hydrogen-bond donors (Lipinski definition) is 2. The molecule has 0 radical (unpaired) electrons. The van der Waals surface area contributed by atoms with Crippen molar-refractivity contribution in [1.82, 2.24) is 9.88 Å². The van der Waals surface area contributed by atoms with Crippen LogP contribution in [0, 0.1) is 5.41 Å². The number of hydrogen-bond acceptors (Lipinski definition) is 3. The third-order valence-corrected chi connectivity index (χ3v) is 4.05. The molecule has 0 aliphatic carbocycles. The van der Waals surface area contributed by atoms with Crippen molar-refractivity contribution >= 4 is 5.84 Å². The Kier molecular flexibility index (Phi) is 3.97. The maximum atomic E-state index is 7.64. The van der Waals surface area contributed by atoms with Gasteiger partial charge in [0.05, 0.1) is 0 Å². The van der Waals surface area contributed by atoms with Crippen LogP contribution in [0.3, 0.4) is 0 Å². The largest absolute Gasteiger partial charge is 0.382 e. The predicted molar refractivity (Wildman–Crippen MR) is 84.4 cm³/mol. The third-order valence-electron chi connectivity index (χ3n) is 4.05. The van der Waals surface area contributed by atoms with E-state index in [1.54, 1.807) is 6.20 Å². The number of pyridine rings is 1. The summed E-state index contributed by atoms with van der Waals surface area (Å²) >= 11 is 0. The lowest BCUT2D eigenvalue weighted by molar-refractivity contribution is 0.279. The molecule has 1 aromatic carbocycles. The van der Waals surface area contributed by atoms with E-state index in [0.717, 1.165) is 38.0 Å². The summed E-state index contributed by atoms with van der Waals surface area (Å²) in [5, 5.41) is 7.64. The third kappa shape index (κ3) is 3.11. The van der Waals surface area contributed by atoms with Gasteiger partial charge in [0.2, 0.25) is 0 Å². The first-order chi connectivity index (χ1) is 10.2. The zero-order chi connectivity index (χ0) is 14.7. The van der Waals surface area contributed by atoms with Crippen molar-refractivity contribution in [3.8, 4) is 0 Å². The summed E-state index contributed by atoms with van der Waals surface area (Å²) in [5.74, 6) is 0.0451. The Morgan fingerprint density at radius 2 is 1.76 bits per heavy atom. The number of nitrogen functional groups attached to an aromatic ring is 1. The molecule has 108 valence electrons. The van der Waals surface area contributed by atoms with E-state index in [9.17, 15) is 0 Å². The summed E-state index contributed by atoms with van der Waals surface area (Å²) in [4.78, 5) is 6.65. The summed E-state index contributed by atoms with van der Waals surface area (Å²) in [5.41, 5.74) is 10.2. The van der Waals surface area contributed by atoms with Crippen molar-refractivity contribution < 1.29 is 0 Å². The van der Waals surface area contributed by atoms with Crippen molar-refractivity contribution in [2.24, 2.45) is 5.73 Å². The summed E-state index contributed by atoms with van der Waals surface area (Å²) in [7, 11) is 0. The molecule has 3 rings (SSSR count). The van der Waals surface area contributed by atoms with Crippen LogP contribution in [0.4, 0.5) is 0 Å². The topological polar surface area (TPSA) is 66.0 Å². The minimum Gasteiger partial charge on any atom is -0.382 e. The molecule has 1 aromatic heterocycles. The molecule has 4 nitrogen and oxygen atoms in total. The number of nitrogens with two attached hydrogens (primary N) is 1. The summed E-state index contributed by atoms with van der Waals surface area (Å²) < 4.78 is 0. The number of nitrogens with zero attached hydrogens (tertiary/aromatic N) is 2. The molecule has 2 aromatic rings. The van der Waals surface area contributed by atoms with Gasteiger partial charge in [-0.1, -0.05) is 30.3 Å². The molecule has 0 amide bonds. The van der Waals surface area contributed by atoms with Crippen LogP contribution >= 0.6 is 0 Å². The van der Waals surface area contributed by atoms with Crippen LogP contribution in [0.2, 0.25) is 0 Å². The number of aromatic nitrogens is 1. The van der Waals surface area contributed by atoms with Gasteiger partial charge in [0, 0.05) is 25.8 Å². The van der Waals surface area contributed by atoms with Crippen molar-refractivity contribution in [3.05, 3.63) is 65.0 Å². The van der Waals surface area contributed by atoms with Crippen LogP contribution in [0.25, 0.3) is 0 Å². The molecule has 0 saturated carbocycles. The van der Waals surface area contributed by atoms with Gasteiger partial charge in [0.15, 0.2) is 0 Å². The van der Waals surface area contributed by atoms with Gasteiger partial charge in [0.25, 0.3) is 0 Å². The molecule has 0 bridgehead atoms. The molecule has 21 heavy (non-hydrogen) atoms. The van der Waals surface area contributed by atoms with E-state index in [1.165, 1.54) is 11.1 Å². The first-order valence-corrected chi connectivity index (χ1v) is 7.31. The second-order valence-corrected chi connectivity index (χ2v) is 5.47. The van der Waals surface area contributed by atoms with Crippen molar-refractivity contribution in [1.29, 1.82) is 5.41 Å². The Balaban J connectivity index is 1.74. The van der Waals surface area contributed by atoms with Gasteiger partial charge >= 0.3 is 0 Å².